The zero-order valence-electron chi connectivity index (χ0n) is 11.6. The quantitative estimate of drug-likeness (QED) is 0.853. The maximum absolute atomic E-state index is 12.5. The molecular formula is C15H17N3O2. The standard InChI is InChI=1S/C15H17N3O2/c1-3-15(4-2)13(19)18(14(20)17-15)10-12-8-6-5-7-11(12)9-16/h5-8H,3-4,10H2,1-2H3,(H,17,20). The molecule has 2 rings (SSSR count). The van der Waals surface area contributed by atoms with Crippen LogP contribution in [-0.2, 0) is 11.3 Å². The fourth-order valence-electron chi connectivity index (χ4n) is 2.49. The van der Waals surface area contributed by atoms with Crippen molar-refractivity contribution in [1.29, 1.82) is 5.26 Å². The Morgan fingerprint density at radius 1 is 1.25 bits per heavy atom. The number of nitrogens with one attached hydrogen (secondary N) is 1. The van der Waals surface area contributed by atoms with Crippen molar-refractivity contribution in [1.82, 2.24) is 10.2 Å². The first-order chi connectivity index (χ1) is 9.57. The van der Waals surface area contributed by atoms with E-state index in [1.54, 1.807) is 24.3 Å². The van der Waals surface area contributed by atoms with Crippen LogP contribution in [0.3, 0.4) is 0 Å². The topological polar surface area (TPSA) is 73.2 Å². The lowest BCUT2D eigenvalue weighted by Crippen LogP contribution is -2.45. The molecule has 1 heterocycles. The molecule has 0 aliphatic carbocycles. The van der Waals surface area contributed by atoms with Crippen LogP contribution in [0.1, 0.15) is 37.8 Å². The second-order valence-electron chi connectivity index (χ2n) is 4.88. The molecular weight excluding hydrogens is 254 g/mol. The lowest BCUT2D eigenvalue weighted by molar-refractivity contribution is -0.132. The normalized spacial score (nSPS) is 16.9. The van der Waals surface area contributed by atoms with Crippen molar-refractivity contribution in [3.8, 4) is 6.07 Å². The van der Waals surface area contributed by atoms with Crippen molar-refractivity contribution in [3.63, 3.8) is 0 Å². The highest BCUT2D eigenvalue weighted by atomic mass is 16.2. The van der Waals surface area contributed by atoms with Gasteiger partial charge in [-0.25, -0.2) is 4.79 Å². The van der Waals surface area contributed by atoms with Gasteiger partial charge in [-0.1, -0.05) is 32.0 Å². The van der Waals surface area contributed by atoms with Crippen LogP contribution in [0.4, 0.5) is 4.79 Å². The van der Waals surface area contributed by atoms with E-state index in [9.17, 15) is 9.59 Å². The number of imide groups is 1. The molecule has 3 amide bonds. The molecule has 1 N–H and O–H groups in total. The summed E-state index contributed by atoms with van der Waals surface area (Å²) < 4.78 is 0. The molecule has 0 bridgehead atoms. The number of nitrogens with zero attached hydrogens (tertiary/aromatic N) is 2. The summed E-state index contributed by atoms with van der Waals surface area (Å²) in [6, 6.07) is 8.69. The van der Waals surface area contributed by atoms with E-state index in [0.717, 1.165) is 0 Å². The molecule has 0 unspecified atom stereocenters. The molecule has 5 nitrogen and oxygen atoms in total. The van der Waals surface area contributed by atoms with Gasteiger partial charge in [0.1, 0.15) is 5.54 Å². The molecule has 104 valence electrons. The van der Waals surface area contributed by atoms with Gasteiger partial charge in [0, 0.05) is 0 Å². The van der Waals surface area contributed by atoms with Crippen molar-refractivity contribution < 1.29 is 9.59 Å². The van der Waals surface area contributed by atoms with E-state index in [1.807, 2.05) is 13.8 Å². The average molecular weight is 271 g/mol. The Bertz CT molecular complexity index is 585. The lowest BCUT2D eigenvalue weighted by atomic mass is 9.93. The molecule has 0 radical (unpaired) electrons. The van der Waals surface area contributed by atoms with Gasteiger partial charge in [0.05, 0.1) is 18.2 Å². The molecule has 1 fully saturated rings. The highest BCUT2D eigenvalue weighted by Crippen LogP contribution is 2.26. The van der Waals surface area contributed by atoms with E-state index in [-0.39, 0.29) is 18.5 Å². The van der Waals surface area contributed by atoms with E-state index in [4.69, 9.17) is 5.26 Å². The SMILES string of the molecule is CCC1(CC)NC(=O)N(Cc2ccccc2C#N)C1=O. The van der Waals surface area contributed by atoms with Crippen LogP contribution in [0.2, 0.25) is 0 Å². The predicted molar refractivity (Wildman–Crippen MR) is 73.6 cm³/mol. The van der Waals surface area contributed by atoms with E-state index < -0.39 is 5.54 Å². The molecule has 0 atom stereocenters. The fraction of sp³-hybridized carbons (Fsp3) is 0.400. The van der Waals surface area contributed by atoms with Crippen LogP contribution < -0.4 is 5.32 Å². The largest absolute Gasteiger partial charge is 0.325 e. The summed E-state index contributed by atoms with van der Waals surface area (Å²) in [6.07, 6.45) is 1.12. The van der Waals surface area contributed by atoms with Gasteiger partial charge < -0.3 is 5.32 Å². The zero-order chi connectivity index (χ0) is 14.8. The number of urea groups is 1. The molecule has 1 aliphatic heterocycles. The maximum Gasteiger partial charge on any atom is 0.325 e. The summed E-state index contributed by atoms with van der Waals surface area (Å²) in [4.78, 5) is 25.7. The zero-order valence-corrected chi connectivity index (χ0v) is 11.6. The van der Waals surface area contributed by atoms with E-state index >= 15 is 0 Å². The van der Waals surface area contributed by atoms with Crippen LogP contribution in [0.25, 0.3) is 0 Å². The number of benzene rings is 1. The Hall–Kier alpha value is -2.35. The van der Waals surface area contributed by atoms with Gasteiger partial charge >= 0.3 is 6.03 Å². The van der Waals surface area contributed by atoms with Gasteiger partial charge in [-0.05, 0) is 24.5 Å². The first-order valence-corrected chi connectivity index (χ1v) is 6.70. The second-order valence-corrected chi connectivity index (χ2v) is 4.88. The van der Waals surface area contributed by atoms with Crippen molar-refractivity contribution in [2.75, 3.05) is 0 Å². The number of rotatable bonds is 4. The van der Waals surface area contributed by atoms with Crippen molar-refractivity contribution in [2.45, 2.75) is 38.8 Å². The molecule has 1 aromatic carbocycles. The Labute approximate surface area is 118 Å². The summed E-state index contributed by atoms with van der Waals surface area (Å²) in [5.41, 5.74) is 0.374. The number of carbonyl (C=O) groups is 2. The van der Waals surface area contributed by atoms with Crippen LogP contribution in [0, 0.1) is 11.3 Å². The molecule has 0 saturated carbocycles. The monoisotopic (exact) mass is 271 g/mol. The van der Waals surface area contributed by atoms with Gasteiger partial charge in [-0.15, -0.1) is 0 Å². The summed E-state index contributed by atoms with van der Waals surface area (Å²) in [7, 11) is 0. The summed E-state index contributed by atoms with van der Waals surface area (Å²) >= 11 is 0. The minimum absolute atomic E-state index is 0.135. The minimum atomic E-state index is -0.793. The first kappa shape index (κ1) is 14.1. The third-order valence-electron chi connectivity index (χ3n) is 3.92. The molecule has 5 heteroatoms. The highest BCUT2D eigenvalue weighted by molar-refractivity contribution is 6.06. The number of nitriles is 1. The summed E-state index contributed by atoms with van der Waals surface area (Å²) in [5, 5.41) is 11.8. The third-order valence-corrected chi connectivity index (χ3v) is 3.92. The van der Waals surface area contributed by atoms with E-state index in [2.05, 4.69) is 11.4 Å². The highest BCUT2D eigenvalue weighted by Gasteiger charge is 2.48. The molecule has 1 aromatic rings. The van der Waals surface area contributed by atoms with Gasteiger partial charge in [0.25, 0.3) is 5.91 Å². The van der Waals surface area contributed by atoms with Gasteiger partial charge in [0.2, 0.25) is 0 Å². The fourth-order valence-corrected chi connectivity index (χ4v) is 2.49. The molecule has 1 aliphatic rings. The van der Waals surface area contributed by atoms with Crippen molar-refractivity contribution >= 4 is 11.9 Å². The smallest absolute Gasteiger partial charge is 0.323 e. The van der Waals surface area contributed by atoms with Crippen LogP contribution >= 0.6 is 0 Å². The maximum atomic E-state index is 12.5. The number of hydrogen-bond acceptors (Lipinski definition) is 3. The first-order valence-electron chi connectivity index (χ1n) is 6.70. The lowest BCUT2D eigenvalue weighted by Gasteiger charge is -2.23. The summed E-state index contributed by atoms with van der Waals surface area (Å²) in [6.45, 7) is 3.90. The molecule has 20 heavy (non-hydrogen) atoms. The predicted octanol–water partition coefficient (Wildman–Crippen LogP) is 2.17. The molecule has 1 saturated heterocycles. The number of amides is 3. The number of carbonyl (C=O) groups excluding carboxylic acids is 2. The van der Waals surface area contributed by atoms with E-state index in [1.165, 1.54) is 4.90 Å². The summed E-state index contributed by atoms with van der Waals surface area (Å²) in [5.74, 6) is -0.208. The van der Waals surface area contributed by atoms with E-state index in [0.29, 0.717) is 24.0 Å². The van der Waals surface area contributed by atoms with Crippen LogP contribution in [0.15, 0.2) is 24.3 Å². The van der Waals surface area contributed by atoms with Gasteiger partial charge in [0.15, 0.2) is 0 Å². The minimum Gasteiger partial charge on any atom is -0.323 e. The Balaban J connectivity index is 2.29. The third kappa shape index (κ3) is 2.14. The van der Waals surface area contributed by atoms with Crippen molar-refractivity contribution in [3.05, 3.63) is 35.4 Å². The van der Waals surface area contributed by atoms with Crippen LogP contribution in [0.5, 0.6) is 0 Å². The average Bonchev–Trinajstić information content (AvgIpc) is 2.72. The Morgan fingerprint density at radius 3 is 2.45 bits per heavy atom. The second kappa shape index (κ2) is 5.33. The number of hydrogen-bond donors (Lipinski definition) is 1. The van der Waals surface area contributed by atoms with Crippen molar-refractivity contribution in [2.24, 2.45) is 0 Å². The van der Waals surface area contributed by atoms with Gasteiger partial charge in [-0.2, -0.15) is 5.26 Å². The molecule has 0 aromatic heterocycles. The molecule has 0 spiro atoms. The Morgan fingerprint density at radius 2 is 1.90 bits per heavy atom. The van der Waals surface area contributed by atoms with Crippen LogP contribution in [-0.4, -0.2) is 22.4 Å². The van der Waals surface area contributed by atoms with Gasteiger partial charge in [-0.3, -0.25) is 9.69 Å². The Kier molecular flexibility index (Phi) is 3.75.